The van der Waals surface area contributed by atoms with Crippen LogP contribution >= 0.6 is 0 Å². The van der Waals surface area contributed by atoms with Gasteiger partial charge in [0.05, 0.1) is 23.3 Å². The third kappa shape index (κ3) is 2.32. The van der Waals surface area contributed by atoms with Gasteiger partial charge in [-0.05, 0) is 53.3 Å². The van der Waals surface area contributed by atoms with Gasteiger partial charge in [0.15, 0.2) is 0 Å². The molecule has 4 nitrogen and oxygen atoms in total. The van der Waals surface area contributed by atoms with Crippen LogP contribution in [0.5, 0.6) is 0 Å². The lowest BCUT2D eigenvalue weighted by Crippen LogP contribution is -2.12. The van der Waals surface area contributed by atoms with Gasteiger partial charge in [-0.1, -0.05) is 48.5 Å². The molecular weight excluding hydrogens is 394 g/mol. The number of carbonyl (C=O) groups is 1. The Balaban J connectivity index is 1.69. The second-order valence-electron chi connectivity index (χ2n) is 8.69. The minimum Gasteiger partial charge on any atom is -0.348 e. The summed E-state index contributed by atoms with van der Waals surface area (Å²) in [6.07, 6.45) is 3.82. The highest BCUT2D eigenvalue weighted by molar-refractivity contribution is 6.23. The average molecular weight is 415 g/mol. The van der Waals surface area contributed by atoms with Gasteiger partial charge in [0.1, 0.15) is 0 Å². The molecule has 1 N–H and O–H groups in total. The summed E-state index contributed by atoms with van der Waals surface area (Å²) in [7, 11) is 0. The highest BCUT2D eigenvalue weighted by atomic mass is 16.1. The maximum atomic E-state index is 13.1. The third-order valence-corrected chi connectivity index (χ3v) is 7.06. The van der Waals surface area contributed by atoms with Gasteiger partial charge in [-0.25, -0.2) is 0 Å². The number of pyridine rings is 1. The van der Waals surface area contributed by atoms with Crippen LogP contribution in [0.4, 0.5) is 0 Å². The zero-order valence-corrected chi connectivity index (χ0v) is 17.6. The lowest BCUT2D eigenvalue weighted by atomic mass is 9.80. The summed E-state index contributed by atoms with van der Waals surface area (Å²) < 4.78 is 2.37. The monoisotopic (exact) mass is 415 g/mol. The second kappa shape index (κ2) is 6.54. The third-order valence-electron chi connectivity index (χ3n) is 7.06. The Morgan fingerprint density at radius 1 is 0.875 bits per heavy atom. The van der Waals surface area contributed by atoms with Crippen molar-refractivity contribution in [1.82, 2.24) is 14.9 Å². The van der Waals surface area contributed by atoms with Crippen LogP contribution in [0.2, 0.25) is 0 Å². The Morgan fingerprint density at radius 2 is 1.72 bits per heavy atom. The molecule has 3 heterocycles. The maximum Gasteiger partial charge on any atom is 0.252 e. The first kappa shape index (κ1) is 17.7. The number of benzene rings is 3. The van der Waals surface area contributed by atoms with Crippen LogP contribution in [0.3, 0.4) is 0 Å². The molecule has 0 saturated heterocycles. The zero-order chi connectivity index (χ0) is 21.2. The number of carbonyl (C=O) groups excluding carboxylic acids is 1. The van der Waals surface area contributed by atoms with E-state index in [1.165, 1.54) is 27.8 Å². The molecule has 0 radical (unpaired) electrons. The van der Waals surface area contributed by atoms with Crippen LogP contribution < -0.4 is 5.32 Å². The molecule has 1 aliphatic heterocycles. The predicted octanol–water partition coefficient (Wildman–Crippen LogP) is 5.25. The molecule has 0 atom stereocenters. The number of amides is 1. The van der Waals surface area contributed by atoms with Gasteiger partial charge in [0.25, 0.3) is 5.91 Å². The molecule has 3 aromatic carbocycles. The standard InChI is InChI=1S/C28H21N3O/c32-28-26-22(15-30-28)20-13-12-17-7-1-2-9-19(17)24(20)27-25(26)21-10-3-4-11-23(21)31(27)16-18-8-5-6-14-29-18/h1-11,14H,12-13,15-16H2,(H,30,32). The lowest BCUT2D eigenvalue weighted by molar-refractivity contribution is 0.0967. The fourth-order valence-corrected chi connectivity index (χ4v) is 5.74. The van der Waals surface area contributed by atoms with Gasteiger partial charge in [0.2, 0.25) is 0 Å². The highest BCUT2D eigenvalue weighted by Crippen LogP contribution is 2.47. The highest BCUT2D eigenvalue weighted by Gasteiger charge is 2.33. The van der Waals surface area contributed by atoms with E-state index in [1.54, 1.807) is 0 Å². The fraction of sp³-hybridized carbons (Fsp3) is 0.143. The summed E-state index contributed by atoms with van der Waals surface area (Å²) in [6, 6.07) is 23.3. The number of rotatable bonds is 2. The summed E-state index contributed by atoms with van der Waals surface area (Å²) in [6.45, 7) is 1.29. The van der Waals surface area contributed by atoms with Gasteiger partial charge in [-0.3, -0.25) is 9.78 Å². The average Bonchev–Trinajstić information content (AvgIpc) is 3.38. The van der Waals surface area contributed by atoms with E-state index >= 15 is 0 Å². The minimum atomic E-state index is 0.0485. The second-order valence-corrected chi connectivity index (χ2v) is 8.69. The fourth-order valence-electron chi connectivity index (χ4n) is 5.74. The Kier molecular flexibility index (Phi) is 3.62. The molecule has 32 heavy (non-hydrogen) atoms. The largest absolute Gasteiger partial charge is 0.348 e. The van der Waals surface area contributed by atoms with E-state index in [-0.39, 0.29) is 5.91 Å². The molecule has 5 aromatic rings. The smallest absolute Gasteiger partial charge is 0.252 e. The van der Waals surface area contributed by atoms with Crippen molar-refractivity contribution in [2.24, 2.45) is 0 Å². The van der Waals surface area contributed by atoms with Crippen LogP contribution in [0.25, 0.3) is 32.9 Å². The molecule has 1 aliphatic carbocycles. The normalized spacial score (nSPS) is 14.3. The van der Waals surface area contributed by atoms with Gasteiger partial charge >= 0.3 is 0 Å². The predicted molar refractivity (Wildman–Crippen MR) is 127 cm³/mol. The Labute approximate surface area is 185 Å². The summed E-state index contributed by atoms with van der Waals surface area (Å²) in [5, 5.41) is 5.33. The van der Waals surface area contributed by atoms with Crippen molar-refractivity contribution in [3.8, 4) is 11.1 Å². The number of para-hydroxylation sites is 1. The van der Waals surface area contributed by atoms with E-state index in [9.17, 15) is 4.79 Å². The quantitative estimate of drug-likeness (QED) is 0.428. The summed E-state index contributed by atoms with van der Waals surface area (Å²) in [5.74, 6) is 0.0485. The van der Waals surface area contributed by atoms with Crippen molar-refractivity contribution >= 4 is 27.7 Å². The summed E-state index contributed by atoms with van der Waals surface area (Å²) in [5.41, 5.74) is 10.7. The van der Waals surface area contributed by atoms with Crippen molar-refractivity contribution in [3.05, 3.63) is 101 Å². The van der Waals surface area contributed by atoms with Crippen molar-refractivity contribution in [2.45, 2.75) is 25.9 Å². The molecule has 0 bridgehead atoms. The number of aromatic nitrogens is 2. The molecule has 4 heteroatoms. The Bertz CT molecular complexity index is 1560. The van der Waals surface area contributed by atoms with E-state index in [2.05, 4.69) is 69.5 Å². The van der Waals surface area contributed by atoms with Gasteiger partial charge < -0.3 is 9.88 Å². The number of fused-ring (bicyclic) bond motifs is 10. The summed E-state index contributed by atoms with van der Waals surface area (Å²) in [4.78, 5) is 17.7. The lowest BCUT2D eigenvalue weighted by Gasteiger charge is -2.24. The van der Waals surface area contributed by atoms with Crippen molar-refractivity contribution in [3.63, 3.8) is 0 Å². The molecule has 2 aliphatic rings. The SMILES string of the molecule is O=C1NCc2c3c(c4c(c21)c1ccccc1n4Cc1ccccn1)-c1ccccc1CC3. The van der Waals surface area contributed by atoms with Crippen LogP contribution in [0, 0.1) is 0 Å². The molecule has 2 aromatic heterocycles. The van der Waals surface area contributed by atoms with Crippen LogP contribution in [-0.4, -0.2) is 15.5 Å². The molecular formula is C28H21N3O. The van der Waals surface area contributed by atoms with E-state index in [1.807, 2.05) is 18.3 Å². The maximum absolute atomic E-state index is 13.1. The minimum absolute atomic E-state index is 0.0485. The van der Waals surface area contributed by atoms with Crippen molar-refractivity contribution in [2.75, 3.05) is 0 Å². The van der Waals surface area contributed by atoms with Gasteiger partial charge in [0, 0.05) is 34.6 Å². The van der Waals surface area contributed by atoms with Crippen molar-refractivity contribution in [1.29, 1.82) is 0 Å². The number of hydrogen-bond donors (Lipinski definition) is 1. The number of nitrogens with one attached hydrogen (secondary N) is 1. The molecule has 0 unspecified atom stereocenters. The van der Waals surface area contributed by atoms with Crippen molar-refractivity contribution < 1.29 is 4.79 Å². The number of aryl methyl sites for hydroxylation is 1. The zero-order valence-electron chi connectivity index (χ0n) is 17.6. The van der Waals surface area contributed by atoms with Gasteiger partial charge in [-0.15, -0.1) is 0 Å². The van der Waals surface area contributed by atoms with Crippen LogP contribution in [-0.2, 0) is 25.9 Å². The Morgan fingerprint density at radius 3 is 2.62 bits per heavy atom. The van der Waals surface area contributed by atoms with E-state index in [0.29, 0.717) is 13.1 Å². The van der Waals surface area contributed by atoms with E-state index < -0.39 is 0 Å². The molecule has 0 saturated carbocycles. The first-order chi connectivity index (χ1) is 15.8. The molecule has 1 amide bonds. The number of hydrogen-bond acceptors (Lipinski definition) is 2. The molecule has 154 valence electrons. The van der Waals surface area contributed by atoms with Gasteiger partial charge in [-0.2, -0.15) is 0 Å². The number of nitrogens with zero attached hydrogens (tertiary/aromatic N) is 2. The first-order valence-corrected chi connectivity index (χ1v) is 11.2. The van der Waals surface area contributed by atoms with Crippen LogP contribution in [0.1, 0.15) is 32.7 Å². The topological polar surface area (TPSA) is 46.9 Å². The Hall–Kier alpha value is -3.92. The first-order valence-electron chi connectivity index (χ1n) is 11.2. The summed E-state index contributed by atoms with van der Waals surface area (Å²) >= 11 is 0. The molecule has 0 spiro atoms. The molecule has 0 fully saturated rings. The molecule has 7 rings (SSSR count). The van der Waals surface area contributed by atoms with E-state index in [4.69, 9.17) is 0 Å². The van der Waals surface area contributed by atoms with Crippen LogP contribution in [0.15, 0.2) is 72.9 Å². The van der Waals surface area contributed by atoms with E-state index in [0.717, 1.165) is 45.9 Å².